The number of nitrogens with zero attached hydrogens (tertiary/aromatic N) is 4. The predicted octanol–water partition coefficient (Wildman–Crippen LogP) is 0.298. The first-order valence-corrected chi connectivity index (χ1v) is 6.78. The van der Waals surface area contributed by atoms with Gasteiger partial charge in [0.25, 0.3) is 5.56 Å². The third-order valence-electron chi connectivity index (χ3n) is 3.50. The Morgan fingerprint density at radius 3 is 2.68 bits per heavy atom. The first-order chi connectivity index (χ1) is 10.4. The number of fused-ring (bicyclic) bond motifs is 1. The first-order valence-electron chi connectivity index (χ1n) is 6.40. The topological polar surface area (TPSA) is 94.7 Å². The smallest absolute Gasteiger partial charge is 0.332 e. The molecule has 0 saturated carbocycles. The standard InChI is InChI=1S/C13H12ClN5O3/c1-17-10-9(11(21)18(2)13(17)22)19(12(14)16-10)6-8(20)7-4-3-5-15-7/h3-5,15H,6H2,1-2H3. The number of carbonyl (C=O) groups excluding carboxylic acids is 1. The molecule has 1 N–H and O–H groups in total. The number of aromatic nitrogens is 5. The summed E-state index contributed by atoms with van der Waals surface area (Å²) in [6.07, 6.45) is 1.63. The van der Waals surface area contributed by atoms with Crippen molar-refractivity contribution in [1.82, 2.24) is 23.7 Å². The average Bonchev–Trinajstić information content (AvgIpc) is 3.12. The molecule has 0 bridgehead atoms. The second-order valence-electron chi connectivity index (χ2n) is 4.85. The van der Waals surface area contributed by atoms with Crippen LogP contribution in [0.4, 0.5) is 0 Å². The molecule has 0 aliphatic rings. The van der Waals surface area contributed by atoms with Gasteiger partial charge in [-0.2, -0.15) is 4.98 Å². The van der Waals surface area contributed by atoms with Crippen molar-refractivity contribution < 1.29 is 4.79 Å². The van der Waals surface area contributed by atoms with E-state index in [0.29, 0.717) is 5.69 Å². The molecule has 0 fully saturated rings. The van der Waals surface area contributed by atoms with E-state index in [2.05, 4.69) is 9.97 Å². The van der Waals surface area contributed by atoms with Crippen molar-refractivity contribution in [3.8, 4) is 0 Å². The molecule has 0 radical (unpaired) electrons. The van der Waals surface area contributed by atoms with Crippen molar-refractivity contribution in [2.75, 3.05) is 0 Å². The van der Waals surface area contributed by atoms with Gasteiger partial charge in [0, 0.05) is 20.3 Å². The fourth-order valence-corrected chi connectivity index (χ4v) is 2.52. The molecule has 0 aliphatic carbocycles. The van der Waals surface area contributed by atoms with E-state index in [4.69, 9.17) is 11.6 Å². The van der Waals surface area contributed by atoms with Gasteiger partial charge in [-0.25, -0.2) is 4.79 Å². The second-order valence-corrected chi connectivity index (χ2v) is 5.19. The summed E-state index contributed by atoms with van der Waals surface area (Å²) in [4.78, 5) is 43.2. The van der Waals surface area contributed by atoms with Crippen LogP contribution in [0.15, 0.2) is 27.9 Å². The van der Waals surface area contributed by atoms with E-state index in [9.17, 15) is 14.4 Å². The van der Waals surface area contributed by atoms with E-state index in [1.807, 2.05) is 0 Å². The number of hydrogen-bond acceptors (Lipinski definition) is 4. The highest BCUT2D eigenvalue weighted by molar-refractivity contribution is 6.29. The van der Waals surface area contributed by atoms with Gasteiger partial charge in [0.15, 0.2) is 16.9 Å². The van der Waals surface area contributed by atoms with Crippen LogP contribution in [-0.2, 0) is 20.6 Å². The lowest BCUT2D eigenvalue weighted by atomic mass is 10.3. The van der Waals surface area contributed by atoms with Gasteiger partial charge in [-0.3, -0.25) is 18.7 Å². The lowest BCUT2D eigenvalue weighted by Crippen LogP contribution is -2.37. The van der Waals surface area contributed by atoms with Crippen LogP contribution in [-0.4, -0.2) is 29.5 Å². The molecule has 3 aromatic heterocycles. The van der Waals surface area contributed by atoms with Gasteiger partial charge in [0.05, 0.1) is 12.2 Å². The Labute approximate surface area is 128 Å². The van der Waals surface area contributed by atoms with Crippen LogP contribution in [0.2, 0.25) is 5.28 Å². The van der Waals surface area contributed by atoms with Crippen LogP contribution < -0.4 is 11.2 Å². The van der Waals surface area contributed by atoms with Gasteiger partial charge in [-0.15, -0.1) is 0 Å². The summed E-state index contributed by atoms with van der Waals surface area (Å²) < 4.78 is 3.48. The van der Waals surface area contributed by atoms with Crippen LogP contribution in [0.1, 0.15) is 10.5 Å². The highest BCUT2D eigenvalue weighted by Gasteiger charge is 2.20. The van der Waals surface area contributed by atoms with E-state index in [1.54, 1.807) is 18.3 Å². The molecule has 0 unspecified atom stereocenters. The van der Waals surface area contributed by atoms with Gasteiger partial charge in [0.1, 0.15) is 0 Å². The molecular weight excluding hydrogens is 310 g/mol. The predicted molar refractivity (Wildman–Crippen MR) is 80.3 cm³/mol. The van der Waals surface area contributed by atoms with E-state index < -0.39 is 11.2 Å². The SMILES string of the molecule is Cn1c(=O)c2c(nc(Cl)n2CC(=O)c2ccc[nH]2)n(C)c1=O. The maximum absolute atomic E-state index is 12.3. The summed E-state index contributed by atoms with van der Waals surface area (Å²) >= 11 is 6.05. The third kappa shape index (κ3) is 2.00. The van der Waals surface area contributed by atoms with E-state index in [-0.39, 0.29) is 28.8 Å². The largest absolute Gasteiger partial charge is 0.359 e. The Morgan fingerprint density at radius 1 is 1.32 bits per heavy atom. The number of rotatable bonds is 3. The van der Waals surface area contributed by atoms with Crippen LogP contribution in [0.5, 0.6) is 0 Å². The number of Topliss-reactive ketones (excluding diaryl/α,β-unsaturated/α-hetero) is 1. The van der Waals surface area contributed by atoms with Crippen molar-refractivity contribution >= 4 is 28.5 Å². The quantitative estimate of drug-likeness (QED) is 0.554. The number of aromatic amines is 1. The van der Waals surface area contributed by atoms with Gasteiger partial charge < -0.3 is 9.55 Å². The molecule has 0 saturated heterocycles. The second kappa shape index (κ2) is 4.99. The summed E-state index contributed by atoms with van der Waals surface area (Å²) in [7, 11) is 2.85. The fraction of sp³-hybridized carbons (Fsp3) is 0.231. The number of hydrogen-bond donors (Lipinski definition) is 1. The number of carbonyl (C=O) groups is 1. The number of ketones is 1. The molecule has 0 spiro atoms. The lowest BCUT2D eigenvalue weighted by Gasteiger charge is -2.06. The van der Waals surface area contributed by atoms with E-state index >= 15 is 0 Å². The normalized spacial score (nSPS) is 11.2. The van der Waals surface area contributed by atoms with E-state index in [0.717, 1.165) is 4.57 Å². The first kappa shape index (κ1) is 14.3. The molecule has 9 heteroatoms. The van der Waals surface area contributed by atoms with Crippen molar-refractivity contribution in [2.24, 2.45) is 14.1 Å². The van der Waals surface area contributed by atoms with Crippen molar-refractivity contribution in [1.29, 1.82) is 0 Å². The van der Waals surface area contributed by atoms with Crippen LogP contribution in [0.3, 0.4) is 0 Å². The minimum Gasteiger partial charge on any atom is -0.359 e. The number of halogens is 1. The van der Waals surface area contributed by atoms with Gasteiger partial charge in [0.2, 0.25) is 5.28 Å². The lowest BCUT2D eigenvalue weighted by molar-refractivity contribution is 0.0969. The van der Waals surface area contributed by atoms with E-state index in [1.165, 1.54) is 23.2 Å². The molecule has 0 amide bonds. The number of imidazole rings is 1. The molecular formula is C13H12ClN5O3. The Morgan fingerprint density at radius 2 is 2.05 bits per heavy atom. The van der Waals surface area contributed by atoms with Crippen LogP contribution in [0.25, 0.3) is 11.2 Å². The molecule has 3 heterocycles. The molecule has 3 rings (SSSR count). The minimum atomic E-state index is -0.545. The molecule has 114 valence electrons. The monoisotopic (exact) mass is 321 g/mol. The Kier molecular flexibility index (Phi) is 3.25. The Hall–Kier alpha value is -2.61. The summed E-state index contributed by atoms with van der Waals surface area (Å²) in [6.45, 7) is -0.150. The zero-order chi connectivity index (χ0) is 16.0. The number of nitrogens with one attached hydrogen (secondary N) is 1. The number of H-pyrrole nitrogens is 1. The third-order valence-corrected chi connectivity index (χ3v) is 3.79. The Balaban J connectivity index is 2.23. The van der Waals surface area contributed by atoms with Gasteiger partial charge in [-0.1, -0.05) is 0 Å². The molecule has 0 aromatic carbocycles. The Bertz CT molecular complexity index is 994. The highest BCUT2D eigenvalue weighted by Crippen LogP contribution is 2.16. The van der Waals surface area contributed by atoms with Crippen LogP contribution in [0, 0.1) is 0 Å². The summed E-state index contributed by atoms with van der Waals surface area (Å²) in [5.41, 5.74) is -0.377. The molecule has 8 nitrogen and oxygen atoms in total. The maximum atomic E-state index is 12.3. The molecule has 22 heavy (non-hydrogen) atoms. The van der Waals surface area contributed by atoms with Gasteiger partial charge in [-0.05, 0) is 23.7 Å². The van der Waals surface area contributed by atoms with Crippen LogP contribution >= 0.6 is 11.6 Å². The van der Waals surface area contributed by atoms with Crippen molar-refractivity contribution in [2.45, 2.75) is 6.54 Å². The maximum Gasteiger partial charge on any atom is 0.332 e. The van der Waals surface area contributed by atoms with Crippen molar-refractivity contribution in [3.63, 3.8) is 0 Å². The van der Waals surface area contributed by atoms with Crippen molar-refractivity contribution in [3.05, 3.63) is 50.1 Å². The molecule has 3 aromatic rings. The zero-order valence-electron chi connectivity index (χ0n) is 11.8. The molecule has 0 aliphatic heterocycles. The minimum absolute atomic E-state index is 0.0202. The summed E-state index contributed by atoms with van der Waals surface area (Å²) in [5, 5.41) is -0.0202. The molecule has 0 atom stereocenters. The average molecular weight is 322 g/mol. The van der Waals surface area contributed by atoms with Gasteiger partial charge >= 0.3 is 5.69 Å². The summed E-state index contributed by atoms with van der Waals surface area (Å²) in [5.74, 6) is -0.248. The zero-order valence-corrected chi connectivity index (χ0v) is 12.6. The highest BCUT2D eigenvalue weighted by atomic mass is 35.5. The fourth-order valence-electron chi connectivity index (χ4n) is 2.30. The summed E-state index contributed by atoms with van der Waals surface area (Å²) in [6, 6.07) is 3.33. The number of aryl methyl sites for hydroxylation is 1.